The van der Waals surface area contributed by atoms with Crippen molar-refractivity contribution >= 4 is 21.5 Å². The van der Waals surface area contributed by atoms with Crippen LogP contribution in [-0.2, 0) is 0 Å². The first kappa shape index (κ1) is 13.7. The first-order valence-corrected chi connectivity index (χ1v) is 7.25. The average molecular weight is 296 g/mol. The molecule has 4 N–H and O–H groups in total. The lowest BCUT2D eigenvalue weighted by Crippen LogP contribution is -2.41. The molecule has 0 heterocycles. The Morgan fingerprint density at radius 3 is 2.00 bits per heavy atom. The molecule has 4 atom stereocenters. The standard InChI is InChI=1S/C18H16O4/c19-15-12-6-5-11-7-9-3-1-2-4-10(9)8-13(11)14(12)16(20)18(22)17(15)21/h1-8,15-22H/t15-,16-,17-,18+/m0/s1. The Bertz CT molecular complexity index is 873. The fraction of sp³-hybridized carbons (Fsp3) is 0.222. The molecule has 4 heteroatoms. The highest BCUT2D eigenvalue weighted by Crippen LogP contribution is 2.41. The second-order valence-electron chi connectivity index (χ2n) is 5.86. The largest absolute Gasteiger partial charge is 0.387 e. The quantitative estimate of drug-likeness (QED) is 0.477. The normalized spacial score (nSPS) is 28.0. The predicted molar refractivity (Wildman–Crippen MR) is 83.4 cm³/mol. The number of aliphatic hydroxyl groups is 4. The van der Waals surface area contributed by atoms with Crippen LogP contribution in [0.1, 0.15) is 23.3 Å². The van der Waals surface area contributed by atoms with Crippen molar-refractivity contribution in [1.82, 2.24) is 0 Å². The summed E-state index contributed by atoms with van der Waals surface area (Å²) in [4.78, 5) is 0. The molecule has 3 aromatic carbocycles. The molecule has 0 fully saturated rings. The van der Waals surface area contributed by atoms with E-state index in [9.17, 15) is 20.4 Å². The van der Waals surface area contributed by atoms with Crippen LogP contribution >= 0.6 is 0 Å². The predicted octanol–water partition coefficient (Wildman–Crippen LogP) is 1.80. The Morgan fingerprint density at radius 2 is 1.27 bits per heavy atom. The number of rotatable bonds is 0. The number of aliphatic hydroxyl groups excluding tert-OH is 4. The fourth-order valence-corrected chi connectivity index (χ4v) is 3.37. The van der Waals surface area contributed by atoms with Crippen LogP contribution in [-0.4, -0.2) is 32.6 Å². The number of hydrogen-bond donors (Lipinski definition) is 4. The summed E-state index contributed by atoms with van der Waals surface area (Å²) in [5.41, 5.74) is 0.960. The minimum atomic E-state index is -1.40. The molecule has 0 aromatic heterocycles. The first-order valence-electron chi connectivity index (χ1n) is 7.25. The van der Waals surface area contributed by atoms with E-state index >= 15 is 0 Å². The molecule has 1 aliphatic rings. The second kappa shape index (κ2) is 4.76. The zero-order valence-corrected chi connectivity index (χ0v) is 11.7. The summed E-state index contributed by atoms with van der Waals surface area (Å²) in [5.74, 6) is 0. The molecule has 0 unspecified atom stereocenters. The van der Waals surface area contributed by atoms with Crippen molar-refractivity contribution in [3.63, 3.8) is 0 Å². The van der Waals surface area contributed by atoms with Gasteiger partial charge >= 0.3 is 0 Å². The van der Waals surface area contributed by atoms with Crippen LogP contribution in [0, 0.1) is 0 Å². The molecule has 112 valence electrons. The molecule has 1 aliphatic carbocycles. The van der Waals surface area contributed by atoms with Gasteiger partial charge in [0.1, 0.15) is 24.4 Å². The van der Waals surface area contributed by atoms with Crippen molar-refractivity contribution in [2.24, 2.45) is 0 Å². The van der Waals surface area contributed by atoms with Gasteiger partial charge in [-0.3, -0.25) is 0 Å². The lowest BCUT2D eigenvalue weighted by molar-refractivity contribution is -0.119. The molecule has 0 saturated heterocycles. The molecule has 0 saturated carbocycles. The summed E-state index contributed by atoms with van der Waals surface area (Å²) in [6.07, 6.45) is -5.22. The van der Waals surface area contributed by atoms with Gasteiger partial charge in [0, 0.05) is 0 Å². The monoisotopic (exact) mass is 296 g/mol. The van der Waals surface area contributed by atoms with Gasteiger partial charge < -0.3 is 20.4 Å². The third-order valence-corrected chi connectivity index (χ3v) is 4.57. The van der Waals surface area contributed by atoms with Crippen LogP contribution in [0.15, 0.2) is 48.5 Å². The number of benzene rings is 3. The Balaban J connectivity index is 2.08. The van der Waals surface area contributed by atoms with Crippen LogP contribution in [0.2, 0.25) is 0 Å². The van der Waals surface area contributed by atoms with Crippen molar-refractivity contribution < 1.29 is 20.4 Å². The fourth-order valence-electron chi connectivity index (χ4n) is 3.37. The minimum absolute atomic E-state index is 0.466. The molecular weight excluding hydrogens is 280 g/mol. The lowest BCUT2D eigenvalue weighted by Gasteiger charge is -2.35. The van der Waals surface area contributed by atoms with Gasteiger partial charge in [-0.15, -0.1) is 0 Å². The molecule has 0 bridgehead atoms. The van der Waals surface area contributed by atoms with E-state index in [0.29, 0.717) is 11.1 Å². The van der Waals surface area contributed by atoms with Crippen molar-refractivity contribution in [1.29, 1.82) is 0 Å². The van der Waals surface area contributed by atoms with E-state index in [1.807, 2.05) is 42.5 Å². The zero-order chi connectivity index (χ0) is 15.4. The molecule has 0 amide bonds. The molecule has 4 nitrogen and oxygen atoms in total. The highest BCUT2D eigenvalue weighted by atomic mass is 16.4. The van der Waals surface area contributed by atoms with E-state index < -0.39 is 24.4 Å². The first-order chi connectivity index (χ1) is 10.6. The van der Waals surface area contributed by atoms with E-state index in [1.165, 1.54) is 0 Å². The van der Waals surface area contributed by atoms with Gasteiger partial charge in [-0.2, -0.15) is 0 Å². The van der Waals surface area contributed by atoms with E-state index in [1.54, 1.807) is 6.07 Å². The van der Waals surface area contributed by atoms with Crippen LogP contribution < -0.4 is 0 Å². The highest BCUT2D eigenvalue weighted by molar-refractivity contribution is 6.00. The van der Waals surface area contributed by atoms with Gasteiger partial charge in [-0.1, -0.05) is 36.4 Å². The Morgan fingerprint density at radius 1 is 0.636 bits per heavy atom. The van der Waals surface area contributed by atoms with Gasteiger partial charge in [0.15, 0.2) is 0 Å². The van der Waals surface area contributed by atoms with Crippen molar-refractivity contribution in [2.75, 3.05) is 0 Å². The summed E-state index contributed by atoms with van der Waals surface area (Å²) < 4.78 is 0. The smallest absolute Gasteiger partial charge is 0.113 e. The topological polar surface area (TPSA) is 80.9 Å². The maximum Gasteiger partial charge on any atom is 0.113 e. The van der Waals surface area contributed by atoms with E-state index in [2.05, 4.69) is 0 Å². The lowest BCUT2D eigenvalue weighted by atomic mass is 9.80. The Labute approximate surface area is 126 Å². The van der Waals surface area contributed by atoms with Gasteiger partial charge in [0.2, 0.25) is 0 Å². The molecule has 0 radical (unpaired) electrons. The molecule has 22 heavy (non-hydrogen) atoms. The zero-order valence-electron chi connectivity index (χ0n) is 11.7. The third kappa shape index (κ3) is 1.79. The van der Waals surface area contributed by atoms with Gasteiger partial charge in [0.05, 0.1) is 0 Å². The minimum Gasteiger partial charge on any atom is -0.387 e. The third-order valence-electron chi connectivity index (χ3n) is 4.57. The van der Waals surface area contributed by atoms with Crippen LogP contribution in [0.5, 0.6) is 0 Å². The maximum atomic E-state index is 10.4. The molecule has 3 aromatic rings. The molecule has 4 rings (SSSR count). The van der Waals surface area contributed by atoms with Gasteiger partial charge in [-0.05, 0) is 44.8 Å². The Hall–Kier alpha value is -1.98. The molecule has 0 aliphatic heterocycles. The van der Waals surface area contributed by atoms with Crippen molar-refractivity contribution in [3.8, 4) is 0 Å². The number of fused-ring (bicyclic) bond motifs is 4. The van der Waals surface area contributed by atoms with Crippen LogP contribution in [0.3, 0.4) is 0 Å². The Kier molecular flexibility index (Phi) is 2.96. The number of hydrogen-bond acceptors (Lipinski definition) is 4. The summed E-state index contributed by atoms with van der Waals surface area (Å²) in [5, 5.41) is 44.2. The van der Waals surface area contributed by atoms with Gasteiger partial charge in [0.25, 0.3) is 0 Å². The van der Waals surface area contributed by atoms with Crippen LogP contribution in [0.4, 0.5) is 0 Å². The molecule has 0 spiro atoms. The van der Waals surface area contributed by atoms with Crippen LogP contribution in [0.25, 0.3) is 21.5 Å². The van der Waals surface area contributed by atoms with Gasteiger partial charge in [-0.25, -0.2) is 0 Å². The highest BCUT2D eigenvalue weighted by Gasteiger charge is 2.40. The summed E-state index contributed by atoms with van der Waals surface area (Å²) in [6.45, 7) is 0. The average Bonchev–Trinajstić information content (AvgIpc) is 2.55. The van der Waals surface area contributed by atoms with Crippen molar-refractivity contribution in [3.05, 3.63) is 59.7 Å². The molecular formula is C18H16O4. The second-order valence-corrected chi connectivity index (χ2v) is 5.86. The van der Waals surface area contributed by atoms with Crippen molar-refractivity contribution in [2.45, 2.75) is 24.4 Å². The SMILES string of the molecule is O[C@@H]1[C@H](O)[C@@H](O)c2c(ccc3cc4ccccc4cc23)[C@@H]1O. The summed E-state index contributed by atoms with van der Waals surface area (Å²) in [7, 11) is 0. The maximum absolute atomic E-state index is 10.4. The van der Waals surface area contributed by atoms with E-state index in [0.717, 1.165) is 21.5 Å². The van der Waals surface area contributed by atoms with E-state index in [4.69, 9.17) is 0 Å². The van der Waals surface area contributed by atoms with E-state index in [-0.39, 0.29) is 0 Å². The summed E-state index contributed by atoms with van der Waals surface area (Å²) >= 11 is 0. The summed E-state index contributed by atoms with van der Waals surface area (Å²) in [6, 6.07) is 15.4.